The molecule has 1 amide bonds. The van der Waals surface area contributed by atoms with Crippen LogP contribution in [0.1, 0.15) is 0 Å². The van der Waals surface area contributed by atoms with E-state index in [2.05, 4.69) is 16.9 Å². The van der Waals surface area contributed by atoms with Gasteiger partial charge in [-0.1, -0.05) is 36.9 Å². The number of furan rings is 1. The number of nitrogens with one attached hydrogen (secondary N) is 1. The van der Waals surface area contributed by atoms with E-state index < -0.39 is 0 Å². The van der Waals surface area contributed by atoms with Crippen molar-refractivity contribution < 1.29 is 18.7 Å². The maximum absolute atomic E-state index is 11.8. The number of fused-ring (bicyclic) bond motifs is 1. The summed E-state index contributed by atoms with van der Waals surface area (Å²) in [5.41, 5.74) is 2.49. The molecular formula is C28H20N2O4. The van der Waals surface area contributed by atoms with Crippen LogP contribution in [0.25, 0.3) is 22.4 Å². The lowest BCUT2D eigenvalue weighted by Crippen LogP contribution is -2.08. The lowest BCUT2D eigenvalue weighted by molar-refractivity contribution is -0.111. The number of para-hydroxylation sites is 2. The Kier molecular flexibility index (Phi) is 5.78. The molecule has 0 radical (unpaired) electrons. The van der Waals surface area contributed by atoms with Gasteiger partial charge < -0.3 is 19.2 Å². The van der Waals surface area contributed by atoms with Gasteiger partial charge in [-0.05, 0) is 54.6 Å². The van der Waals surface area contributed by atoms with Gasteiger partial charge in [0, 0.05) is 23.9 Å². The maximum Gasteiger partial charge on any atom is 0.247 e. The SMILES string of the molecule is C=CC(=O)Nc1ccccc1-c1cc2nccc(Oc3ccc(Oc4ccccc4)cc3)c2o1. The molecule has 2 aromatic heterocycles. The molecular weight excluding hydrogens is 428 g/mol. The minimum Gasteiger partial charge on any atom is -0.457 e. The summed E-state index contributed by atoms with van der Waals surface area (Å²) in [7, 11) is 0. The number of aromatic nitrogens is 1. The van der Waals surface area contributed by atoms with Crippen LogP contribution >= 0.6 is 0 Å². The highest BCUT2D eigenvalue weighted by molar-refractivity contribution is 6.01. The van der Waals surface area contributed by atoms with Crippen LogP contribution in [0.5, 0.6) is 23.0 Å². The lowest BCUT2D eigenvalue weighted by Gasteiger charge is -2.09. The van der Waals surface area contributed by atoms with Crippen molar-refractivity contribution in [3.63, 3.8) is 0 Å². The molecule has 3 aromatic carbocycles. The molecule has 0 aliphatic heterocycles. The first-order valence-corrected chi connectivity index (χ1v) is 10.6. The first-order chi connectivity index (χ1) is 16.7. The highest BCUT2D eigenvalue weighted by atomic mass is 16.5. The summed E-state index contributed by atoms with van der Waals surface area (Å²) in [6, 6.07) is 27.8. The molecule has 0 spiro atoms. The largest absolute Gasteiger partial charge is 0.457 e. The number of carbonyl (C=O) groups excluding carboxylic acids is 1. The van der Waals surface area contributed by atoms with Gasteiger partial charge in [0.15, 0.2) is 11.3 Å². The summed E-state index contributed by atoms with van der Waals surface area (Å²) >= 11 is 0. The quantitative estimate of drug-likeness (QED) is 0.266. The molecule has 1 N–H and O–H groups in total. The van der Waals surface area contributed by atoms with Crippen LogP contribution < -0.4 is 14.8 Å². The Balaban J connectivity index is 1.41. The van der Waals surface area contributed by atoms with Gasteiger partial charge in [-0.15, -0.1) is 0 Å². The van der Waals surface area contributed by atoms with Gasteiger partial charge >= 0.3 is 0 Å². The monoisotopic (exact) mass is 448 g/mol. The predicted molar refractivity (Wildman–Crippen MR) is 131 cm³/mol. The van der Waals surface area contributed by atoms with E-state index in [9.17, 15) is 4.79 Å². The summed E-state index contributed by atoms with van der Waals surface area (Å²) < 4.78 is 18.0. The Morgan fingerprint density at radius 3 is 2.29 bits per heavy atom. The molecule has 6 heteroatoms. The number of amides is 1. The molecule has 0 fully saturated rings. The van der Waals surface area contributed by atoms with Gasteiger partial charge in [-0.25, -0.2) is 0 Å². The van der Waals surface area contributed by atoms with E-state index in [0.29, 0.717) is 39.8 Å². The summed E-state index contributed by atoms with van der Waals surface area (Å²) in [4.78, 5) is 16.2. The van der Waals surface area contributed by atoms with Crippen molar-refractivity contribution in [1.82, 2.24) is 4.98 Å². The highest BCUT2D eigenvalue weighted by Crippen LogP contribution is 2.37. The Hall–Kier alpha value is -4.84. The number of anilines is 1. The number of carbonyl (C=O) groups is 1. The molecule has 5 rings (SSSR count). The first kappa shape index (κ1) is 21.0. The smallest absolute Gasteiger partial charge is 0.247 e. The molecule has 34 heavy (non-hydrogen) atoms. The van der Waals surface area contributed by atoms with Crippen LogP contribution in [0.4, 0.5) is 5.69 Å². The van der Waals surface area contributed by atoms with Crippen LogP contribution in [0, 0.1) is 0 Å². The average Bonchev–Trinajstić information content (AvgIpc) is 3.31. The number of ether oxygens (including phenoxy) is 2. The van der Waals surface area contributed by atoms with Crippen molar-refractivity contribution >= 4 is 22.7 Å². The maximum atomic E-state index is 11.8. The van der Waals surface area contributed by atoms with Crippen LogP contribution in [0.2, 0.25) is 0 Å². The summed E-state index contributed by atoms with van der Waals surface area (Å²) in [5, 5.41) is 2.80. The van der Waals surface area contributed by atoms with E-state index in [-0.39, 0.29) is 5.91 Å². The van der Waals surface area contributed by atoms with Gasteiger partial charge in [0.1, 0.15) is 28.5 Å². The molecule has 0 saturated heterocycles. The van der Waals surface area contributed by atoms with Crippen molar-refractivity contribution in [2.24, 2.45) is 0 Å². The fourth-order valence-corrected chi connectivity index (χ4v) is 3.45. The van der Waals surface area contributed by atoms with E-state index in [0.717, 1.165) is 11.3 Å². The number of nitrogens with zero attached hydrogens (tertiary/aromatic N) is 1. The van der Waals surface area contributed by atoms with E-state index in [4.69, 9.17) is 13.9 Å². The molecule has 166 valence electrons. The number of hydrogen-bond acceptors (Lipinski definition) is 5. The molecule has 2 heterocycles. The second-order valence-electron chi connectivity index (χ2n) is 7.36. The van der Waals surface area contributed by atoms with Gasteiger partial charge in [-0.3, -0.25) is 9.78 Å². The van der Waals surface area contributed by atoms with Crippen LogP contribution in [-0.4, -0.2) is 10.9 Å². The Morgan fingerprint density at radius 2 is 1.53 bits per heavy atom. The van der Waals surface area contributed by atoms with Crippen molar-refractivity contribution in [2.45, 2.75) is 0 Å². The second kappa shape index (κ2) is 9.34. The summed E-state index contributed by atoms with van der Waals surface area (Å²) in [6.07, 6.45) is 2.88. The van der Waals surface area contributed by atoms with E-state index >= 15 is 0 Å². The molecule has 0 atom stereocenters. The lowest BCUT2D eigenvalue weighted by atomic mass is 10.1. The average molecular weight is 448 g/mol. The van der Waals surface area contributed by atoms with Crippen LogP contribution in [0.15, 0.2) is 114 Å². The van der Waals surface area contributed by atoms with Gasteiger partial charge in [0.2, 0.25) is 5.91 Å². The molecule has 0 aliphatic rings. The van der Waals surface area contributed by atoms with Gasteiger partial charge in [0.25, 0.3) is 0 Å². The molecule has 0 bridgehead atoms. The molecule has 0 unspecified atom stereocenters. The second-order valence-corrected chi connectivity index (χ2v) is 7.36. The standard InChI is InChI=1S/C28H20N2O4/c1-2-27(31)30-23-11-7-6-10-22(23)26-18-24-28(34-26)25(16-17-29-24)33-21-14-12-20(13-15-21)32-19-8-4-3-5-9-19/h2-18H,1H2,(H,30,31). The fraction of sp³-hybridized carbons (Fsp3) is 0. The normalized spacial score (nSPS) is 10.6. The molecule has 0 aliphatic carbocycles. The van der Waals surface area contributed by atoms with Gasteiger partial charge in [-0.2, -0.15) is 0 Å². The third-order valence-electron chi connectivity index (χ3n) is 5.04. The highest BCUT2D eigenvalue weighted by Gasteiger charge is 2.15. The zero-order valence-electron chi connectivity index (χ0n) is 18.1. The Labute approximate surface area is 196 Å². The Morgan fingerprint density at radius 1 is 0.853 bits per heavy atom. The summed E-state index contributed by atoms with van der Waals surface area (Å²) in [5.74, 6) is 2.89. The zero-order chi connectivity index (χ0) is 23.3. The van der Waals surface area contributed by atoms with Crippen molar-refractivity contribution in [3.05, 3.63) is 110 Å². The topological polar surface area (TPSA) is 73.6 Å². The third-order valence-corrected chi connectivity index (χ3v) is 5.04. The van der Waals surface area contributed by atoms with Crippen molar-refractivity contribution in [1.29, 1.82) is 0 Å². The third kappa shape index (κ3) is 4.52. The number of benzene rings is 3. The molecule has 5 aromatic rings. The minimum absolute atomic E-state index is 0.301. The number of pyridine rings is 1. The summed E-state index contributed by atoms with van der Waals surface area (Å²) in [6.45, 7) is 3.50. The van der Waals surface area contributed by atoms with Gasteiger partial charge in [0.05, 0.1) is 5.69 Å². The fourth-order valence-electron chi connectivity index (χ4n) is 3.45. The predicted octanol–water partition coefficient (Wildman–Crippen LogP) is 7.20. The van der Waals surface area contributed by atoms with E-state index in [1.54, 1.807) is 18.3 Å². The van der Waals surface area contributed by atoms with Crippen LogP contribution in [0.3, 0.4) is 0 Å². The van der Waals surface area contributed by atoms with E-state index in [1.165, 1.54) is 6.08 Å². The van der Waals surface area contributed by atoms with Crippen molar-refractivity contribution in [2.75, 3.05) is 5.32 Å². The molecule has 6 nitrogen and oxygen atoms in total. The minimum atomic E-state index is -0.301. The zero-order valence-corrected chi connectivity index (χ0v) is 18.1. The Bertz CT molecular complexity index is 1460. The van der Waals surface area contributed by atoms with Crippen LogP contribution in [-0.2, 0) is 4.79 Å². The first-order valence-electron chi connectivity index (χ1n) is 10.6. The molecule has 0 saturated carbocycles. The number of hydrogen-bond donors (Lipinski definition) is 1. The van der Waals surface area contributed by atoms with E-state index in [1.807, 2.05) is 78.9 Å². The number of rotatable bonds is 7. The van der Waals surface area contributed by atoms with Crippen molar-refractivity contribution in [3.8, 4) is 34.3 Å².